The Hall–Kier alpha value is -0.470. The van der Waals surface area contributed by atoms with Crippen molar-refractivity contribution >= 4 is 33.4 Å². The smallest absolute Gasteiger partial charge is 0.244 e. The zero-order valence-corrected chi connectivity index (χ0v) is 14.0. The van der Waals surface area contributed by atoms with Crippen LogP contribution in [0.5, 0.6) is 5.75 Å². The van der Waals surface area contributed by atoms with E-state index < -0.39 is 10.0 Å². The quantitative estimate of drug-likeness (QED) is 0.848. The van der Waals surface area contributed by atoms with Crippen LogP contribution in [0.25, 0.3) is 0 Å². The number of methoxy groups -OCH3 is 1. The topological polar surface area (TPSA) is 75.6 Å². The molecule has 118 valence electrons. The van der Waals surface area contributed by atoms with Crippen molar-refractivity contribution in [1.29, 1.82) is 0 Å². The molecule has 2 N–H and O–H groups in total. The first-order chi connectivity index (χ1) is 9.97. The van der Waals surface area contributed by atoms with Crippen LogP contribution in [0.15, 0.2) is 17.0 Å². The van der Waals surface area contributed by atoms with Crippen molar-refractivity contribution in [2.24, 2.45) is 0 Å². The molecular weight excluding hydrogens is 334 g/mol. The SMILES string of the molecule is COc1c(CO)cc(Cl)cc1S(=O)(=O)NC1CCSCC1. The maximum absolute atomic E-state index is 12.6. The molecule has 0 spiro atoms. The van der Waals surface area contributed by atoms with Gasteiger partial charge >= 0.3 is 0 Å². The average Bonchev–Trinajstić information content (AvgIpc) is 2.46. The number of nitrogens with one attached hydrogen (secondary N) is 1. The Balaban J connectivity index is 2.36. The highest BCUT2D eigenvalue weighted by Gasteiger charge is 2.26. The van der Waals surface area contributed by atoms with Gasteiger partial charge in [0, 0.05) is 16.6 Å². The number of benzene rings is 1. The molecule has 2 rings (SSSR count). The summed E-state index contributed by atoms with van der Waals surface area (Å²) in [5.41, 5.74) is 0.351. The Kier molecular flexibility index (Phi) is 5.79. The number of aliphatic hydroxyl groups is 1. The maximum Gasteiger partial charge on any atom is 0.244 e. The van der Waals surface area contributed by atoms with E-state index in [2.05, 4.69) is 4.72 Å². The Labute approximate surface area is 134 Å². The third-order valence-electron chi connectivity index (χ3n) is 3.30. The fraction of sp³-hybridized carbons (Fsp3) is 0.538. The van der Waals surface area contributed by atoms with E-state index in [0.29, 0.717) is 5.56 Å². The largest absolute Gasteiger partial charge is 0.495 e. The molecule has 1 aromatic rings. The minimum atomic E-state index is -3.74. The van der Waals surface area contributed by atoms with E-state index >= 15 is 0 Å². The third-order valence-corrected chi connectivity index (χ3v) is 6.10. The summed E-state index contributed by atoms with van der Waals surface area (Å²) in [4.78, 5) is -0.0280. The van der Waals surface area contributed by atoms with Gasteiger partial charge in [-0.2, -0.15) is 11.8 Å². The van der Waals surface area contributed by atoms with Crippen LogP contribution in [0.3, 0.4) is 0 Å². The summed E-state index contributed by atoms with van der Waals surface area (Å²) in [5, 5.41) is 9.58. The van der Waals surface area contributed by atoms with Crippen LogP contribution in [0, 0.1) is 0 Å². The Morgan fingerprint density at radius 3 is 2.67 bits per heavy atom. The number of ether oxygens (including phenoxy) is 1. The van der Waals surface area contributed by atoms with Gasteiger partial charge in [0.05, 0.1) is 13.7 Å². The summed E-state index contributed by atoms with van der Waals surface area (Å²) >= 11 is 7.77. The summed E-state index contributed by atoms with van der Waals surface area (Å²) in [5.74, 6) is 2.03. The zero-order chi connectivity index (χ0) is 15.5. The standard InChI is InChI=1S/C13H18ClNO4S2/c1-19-13-9(8-16)6-10(14)7-12(13)21(17,18)15-11-2-4-20-5-3-11/h6-7,11,15-16H,2-5,8H2,1H3. The molecule has 0 radical (unpaired) electrons. The van der Waals surface area contributed by atoms with E-state index in [-0.39, 0.29) is 28.3 Å². The van der Waals surface area contributed by atoms with Gasteiger partial charge in [-0.3, -0.25) is 0 Å². The number of hydrogen-bond acceptors (Lipinski definition) is 5. The van der Waals surface area contributed by atoms with Crippen molar-refractivity contribution < 1.29 is 18.3 Å². The van der Waals surface area contributed by atoms with Gasteiger partial charge < -0.3 is 9.84 Å². The van der Waals surface area contributed by atoms with E-state index in [1.54, 1.807) is 0 Å². The lowest BCUT2D eigenvalue weighted by atomic mass is 10.2. The number of hydrogen-bond donors (Lipinski definition) is 2. The molecule has 0 aromatic heterocycles. The van der Waals surface area contributed by atoms with Crippen molar-refractivity contribution in [3.05, 3.63) is 22.7 Å². The summed E-state index contributed by atoms with van der Waals surface area (Å²) in [6, 6.07) is 2.77. The monoisotopic (exact) mass is 351 g/mol. The normalized spacial score (nSPS) is 16.9. The summed E-state index contributed by atoms with van der Waals surface area (Å²) in [7, 11) is -2.36. The molecule has 1 heterocycles. The molecule has 21 heavy (non-hydrogen) atoms. The number of rotatable bonds is 5. The molecule has 5 nitrogen and oxygen atoms in total. The molecule has 1 fully saturated rings. The maximum atomic E-state index is 12.6. The Bertz CT molecular complexity index is 600. The lowest BCUT2D eigenvalue weighted by Gasteiger charge is -2.23. The second-order valence-corrected chi connectivity index (χ2v) is 8.11. The molecule has 0 bridgehead atoms. The molecule has 8 heteroatoms. The van der Waals surface area contributed by atoms with Crippen LogP contribution < -0.4 is 9.46 Å². The molecule has 0 atom stereocenters. The highest BCUT2D eigenvalue weighted by molar-refractivity contribution is 7.99. The molecule has 0 unspecified atom stereocenters. The lowest BCUT2D eigenvalue weighted by molar-refractivity contribution is 0.272. The van der Waals surface area contributed by atoms with Crippen LogP contribution in [-0.4, -0.2) is 38.2 Å². The van der Waals surface area contributed by atoms with Crippen LogP contribution in [-0.2, 0) is 16.6 Å². The van der Waals surface area contributed by atoms with Crippen molar-refractivity contribution in [3.63, 3.8) is 0 Å². The van der Waals surface area contributed by atoms with E-state index in [1.165, 1.54) is 19.2 Å². The minimum absolute atomic E-state index is 0.0280. The first-order valence-corrected chi connectivity index (χ1v) is 9.57. The van der Waals surface area contributed by atoms with Gasteiger partial charge in [0.1, 0.15) is 10.6 Å². The Morgan fingerprint density at radius 1 is 1.43 bits per heavy atom. The van der Waals surface area contributed by atoms with Crippen molar-refractivity contribution in [3.8, 4) is 5.75 Å². The van der Waals surface area contributed by atoms with Gasteiger partial charge in [-0.05, 0) is 36.5 Å². The molecule has 0 saturated carbocycles. The van der Waals surface area contributed by atoms with E-state index in [9.17, 15) is 13.5 Å². The summed E-state index contributed by atoms with van der Waals surface area (Å²) in [6.45, 7) is -0.341. The fourth-order valence-corrected chi connectivity index (χ4v) is 5.22. The molecule has 1 aromatic carbocycles. The van der Waals surface area contributed by atoms with Crippen molar-refractivity contribution in [1.82, 2.24) is 4.72 Å². The molecular formula is C13H18ClNO4S2. The fourth-order valence-electron chi connectivity index (χ4n) is 2.27. The highest BCUT2D eigenvalue weighted by atomic mass is 35.5. The van der Waals surface area contributed by atoms with Gasteiger partial charge in [0.2, 0.25) is 10.0 Å². The van der Waals surface area contributed by atoms with Crippen LogP contribution in [0.1, 0.15) is 18.4 Å². The van der Waals surface area contributed by atoms with E-state index in [0.717, 1.165) is 24.3 Å². The second kappa shape index (κ2) is 7.19. The molecule has 1 saturated heterocycles. The first-order valence-electron chi connectivity index (χ1n) is 6.55. The third kappa shape index (κ3) is 4.04. The number of halogens is 1. The van der Waals surface area contributed by atoms with E-state index in [4.69, 9.17) is 16.3 Å². The van der Waals surface area contributed by atoms with Gasteiger partial charge in [0.15, 0.2) is 0 Å². The van der Waals surface area contributed by atoms with Gasteiger partial charge in [-0.25, -0.2) is 13.1 Å². The summed E-state index contributed by atoms with van der Waals surface area (Å²) < 4.78 is 33.0. The zero-order valence-electron chi connectivity index (χ0n) is 11.6. The van der Waals surface area contributed by atoms with E-state index in [1.807, 2.05) is 11.8 Å². The first kappa shape index (κ1) is 16.9. The summed E-state index contributed by atoms with van der Waals surface area (Å²) in [6.07, 6.45) is 1.61. The Morgan fingerprint density at radius 2 is 2.10 bits per heavy atom. The van der Waals surface area contributed by atoms with Gasteiger partial charge in [-0.15, -0.1) is 0 Å². The predicted molar refractivity (Wildman–Crippen MR) is 84.6 cm³/mol. The van der Waals surface area contributed by atoms with Gasteiger partial charge in [-0.1, -0.05) is 11.6 Å². The van der Waals surface area contributed by atoms with Crippen LogP contribution in [0.2, 0.25) is 5.02 Å². The van der Waals surface area contributed by atoms with Crippen molar-refractivity contribution in [2.45, 2.75) is 30.4 Å². The predicted octanol–water partition coefficient (Wildman–Crippen LogP) is 2.01. The van der Waals surface area contributed by atoms with Crippen LogP contribution in [0.4, 0.5) is 0 Å². The second-order valence-electron chi connectivity index (χ2n) is 4.76. The minimum Gasteiger partial charge on any atom is -0.495 e. The molecule has 0 aliphatic carbocycles. The lowest BCUT2D eigenvalue weighted by Crippen LogP contribution is -2.37. The molecule has 1 aliphatic rings. The molecule has 0 amide bonds. The van der Waals surface area contributed by atoms with Crippen LogP contribution >= 0.6 is 23.4 Å². The molecule has 1 aliphatic heterocycles. The number of sulfonamides is 1. The average molecular weight is 352 g/mol. The number of thioether (sulfide) groups is 1. The number of aliphatic hydroxyl groups excluding tert-OH is 1. The van der Waals surface area contributed by atoms with Gasteiger partial charge in [0.25, 0.3) is 0 Å². The van der Waals surface area contributed by atoms with Crippen molar-refractivity contribution in [2.75, 3.05) is 18.6 Å². The highest BCUT2D eigenvalue weighted by Crippen LogP contribution is 2.32.